The van der Waals surface area contributed by atoms with E-state index in [1.807, 2.05) is 23.6 Å². The number of benzene rings is 1. The fourth-order valence-corrected chi connectivity index (χ4v) is 3.61. The Hall–Kier alpha value is -1.98. The van der Waals surface area contributed by atoms with Gasteiger partial charge in [-0.05, 0) is 35.9 Å². The van der Waals surface area contributed by atoms with Gasteiger partial charge in [0, 0.05) is 31.8 Å². The molecule has 0 saturated carbocycles. The zero-order valence-corrected chi connectivity index (χ0v) is 15.1. The molecule has 0 aliphatic carbocycles. The first kappa shape index (κ1) is 17.8. The van der Waals surface area contributed by atoms with Gasteiger partial charge >= 0.3 is 0 Å². The number of rotatable bonds is 7. The first-order valence-electron chi connectivity index (χ1n) is 8.67. The Labute approximate surface area is 153 Å². The highest BCUT2D eigenvalue weighted by atomic mass is 32.2. The van der Waals surface area contributed by atoms with Crippen LogP contribution in [0.25, 0.3) is 0 Å². The molecule has 1 N–H and O–H groups in total. The van der Waals surface area contributed by atoms with Gasteiger partial charge in [-0.15, -0.1) is 11.8 Å². The van der Waals surface area contributed by atoms with Crippen molar-refractivity contribution in [2.24, 2.45) is 0 Å². The second-order valence-electron chi connectivity index (χ2n) is 6.24. The third kappa shape index (κ3) is 6.11. The fourth-order valence-electron chi connectivity index (χ4n) is 2.96. The van der Waals surface area contributed by atoms with Crippen molar-refractivity contribution in [1.29, 1.82) is 0 Å². The average molecular weight is 356 g/mol. The fraction of sp³-hybridized carbons (Fsp3) is 0.350. The Morgan fingerprint density at radius 3 is 2.72 bits per heavy atom. The average Bonchev–Trinajstić information content (AvgIpc) is 3.15. The smallest absolute Gasteiger partial charge is 0.244 e. The Balaban J connectivity index is 1.33. The number of amides is 1. The predicted octanol–water partition coefficient (Wildman–Crippen LogP) is 3.81. The van der Waals surface area contributed by atoms with Crippen molar-refractivity contribution in [2.75, 3.05) is 13.1 Å². The lowest BCUT2D eigenvalue weighted by molar-refractivity contribution is -0.117. The number of likely N-dealkylation sites (tertiary alicyclic amines) is 1. The van der Waals surface area contributed by atoms with Crippen LogP contribution in [-0.2, 0) is 17.1 Å². The van der Waals surface area contributed by atoms with Gasteiger partial charge in [-0.3, -0.25) is 9.69 Å². The number of piperidine rings is 1. The SMILES string of the molecule is O=C(/C=C\SCc1ccco1)NC1CCN(Cc2ccccc2)CC1. The van der Waals surface area contributed by atoms with E-state index in [1.165, 1.54) is 5.56 Å². The number of nitrogens with one attached hydrogen (secondary N) is 1. The highest BCUT2D eigenvalue weighted by Gasteiger charge is 2.19. The van der Waals surface area contributed by atoms with Gasteiger partial charge in [-0.25, -0.2) is 0 Å². The molecule has 0 bridgehead atoms. The molecule has 1 saturated heterocycles. The number of hydrogen-bond acceptors (Lipinski definition) is 4. The van der Waals surface area contributed by atoms with Gasteiger partial charge in [0.1, 0.15) is 5.76 Å². The summed E-state index contributed by atoms with van der Waals surface area (Å²) >= 11 is 1.56. The Morgan fingerprint density at radius 2 is 2.00 bits per heavy atom. The minimum atomic E-state index is -0.00606. The monoisotopic (exact) mass is 356 g/mol. The van der Waals surface area contributed by atoms with Crippen LogP contribution in [0.3, 0.4) is 0 Å². The molecule has 1 amide bonds. The molecule has 25 heavy (non-hydrogen) atoms. The van der Waals surface area contributed by atoms with Crippen LogP contribution in [0, 0.1) is 0 Å². The Kier molecular flexibility index (Phi) is 6.77. The molecule has 1 aliphatic heterocycles. The molecule has 0 radical (unpaired) electrons. The maximum atomic E-state index is 12.0. The lowest BCUT2D eigenvalue weighted by Crippen LogP contribution is -2.43. The molecule has 1 aliphatic rings. The van der Waals surface area contributed by atoms with Gasteiger partial charge in [0.2, 0.25) is 5.91 Å². The van der Waals surface area contributed by atoms with Crippen LogP contribution in [-0.4, -0.2) is 29.9 Å². The molecule has 0 spiro atoms. The van der Waals surface area contributed by atoms with Gasteiger partial charge in [0.15, 0.2) is 0 Å². The molecule has 4 nitrogen and oxygen atoms in total. The lowest BCUT2D eigenvalue weighted by atomic mass is 10.0. The minimum Gasteiger partial charge on any atom is -0.468 e. The lowest BCUT2D eigenvalue weighted by Gasteiger charge is -2.32. The number of carbonyl (C=O) groups excluding carboxylic acids is 1. The van der Waals surface area contributed by atoms with Crippen molar-refractivity contribution in [3.05, 3.63) is 71.5 Å². The van der Waals surface area contributed by atoms with Crippen molar-refractivity contribution < 1.29 is 9.21 Å². The topological polar surface area (TPSA) is 45.5 Å². The zero-order valence-electron chi connectivity index (χ0n) is 14.3. The van der Waals surface area contributed by atoms with Gasteiger partial charge in [0.05, 0.1) is 12.0 Å². The van der Waals surface area contributed by atoms with Crippen LogP contribution in [0.15, 0.2) is 64.6 Å². The molecule has 5 heteroatoms. The number of furan rings is 1. The van der Waals surface area contributed by atoms with E-state index in [1.54, 1.807) is 24.1 Å². The first-order valence-corrected chi connectivity index (χ1v) is 9.72. The van der Waals surface area contributed by atoms with Crippen molar-refractivity contribution in [1.82, 2.24) is 10.2 Å². The van der Waals surface area contributed by atoms with Crippen molar-refractivity contribution in [3.8, 4) is 0 Å². The molecular weight excluding hydrogens is 332 g/mol. The van der Waals surface area contributed by atoms with E-state index < -0.39 is 0 Å². The maximum Gasteiger partial charge on any atom is 0.244 e. The molecule has 0 atom stereocenters. The summed E-state index contributed by atoms with van der Waals surface area (Å²) < 4.78 is 5.25. The van der Waals surface area contributed by atoms with E-state index in [-0.39, 0.29) is 11.9 Å². The largest absolute Gasteiger partial charge is 0.468 e. The van der Waals surface area contributed by atoms with Gasteiger partial charge in [-0.1, -0.05) is 30.3 Å². The standard InChI is InChI=1S/C20H24N2O2S/c23-20(10-14-25-16-19-7-4-13-24-19)21-18-8-11-22(12-9-18)15-17-5-2-1-3-6-17/h1-7,10,13-14,18H,8-9,11-12,15-16H2,(H,21,23)/b14-10-. The zero-order chi connectivity index (χ0) is 17.3. The van der Waals surface area contributed by atoms with E-state index in [0.717, 1.165) is 44.0 Å². The molecule has 1 aromatic carbocycles. The number of carbonyl (C=O) groups is 1. The summed E-state index contributed by atoms with van der Waals surface area (Å²) in [6.45, 7) is 3.04. The van der Waals surface area contributed by atoms with E-state index in [2.05, 4.69) is 34.5 Å². The summed E-state index contributed by atoms with van der Waals surface area (Å²) in [5.74, 6) is 1.66. The van der Waals surface area contributed by atoms with Crippen LogP contribution >= 0.6 is 11.8 Å². The van der Waals surface area contributed by atoms with Crippen LogP contribution < -0.4 is 5.32 Å². The molecule has 0 unspecified atom stereocenters. The number of hydrogen-bond donors (Lipinski definition) is 1. The molecule has 1 fully saturated rings. The van der Waals surface area contributed by atoms with E-state index in [9.17, 15) is 4.79 Å². The summed E-state index contributed by atoms with van der Waals surface area (Å²) in [5.41, 5.74) is 1.35. The Bertz CT molecular complexity index is 662. The normalized spacial score (nSPS) is 16.3. The minimum absolute atomic E-state index is 0.00606. The number of thioether (sulfide) groups is 1. The van der Waals surface area contributed by atoms with Crippen LogP contribution in [0.5, 0.6) is 0 Å². The van der Waals surface area contributed by atoms with Gasteiger partial charge in [-0.2, -0.15) is 0 Å². The molecule has 2 heterocycles. The second kappa shape index (κ2) is 9.49. The first-order chi connectivity index (χ1) is 12.3. The molecule has 3 rings (SSSR count). The van der Waals surface area contributed by atoms with Crippen LogP contribution in [0.1, 0.15) is 24.2 Å². The van der Waals surface area contributed by atoms with Crippen molar-refractivity contribution >= 4 is 17.7 Å². The summed E-state index contributed by atoms with van der Waals surface area (Å²) in [5, 5.41) is 4.94. The highest BCUT2D eigenvalue weighted by molar-refractivity contribution is 8.01. The van der Waals surface area contributed by atoms with E-state index in [4.69, 9.17) is 4.42 Å². The second-order valence-corrected chi connectivity index (χ2v) is 7.13. The van der Waals surface area contributed by atoms with Crippen molar-refractivity contribution in [2.45, 2.75) is 31.2 Å². The molecule has 1 aromatic heterocycles. The summed E-state index contributed by atoms with van der Waals surface area (Å²) in [7, 11) is 0. The van der Waals surface area contributed by atoms with E-state index >= 15 is 0 Å². The van der Waals surface area contributed by atoms with Gasteiger partial charge < -0.3 is 9.73 Å². The summed E-state index contributed by atoms with van der Waals surface area (Å²) in [6, 6.07) is 14.6. The summed E-state index contributed by atoms with van der Waals surface area (Å²) in [4.78, 5) is 14.4. The van der Waals surface area contributed by atoms with Crippen LogP contribution in [0.2, 0.25) is 0 Å². The van der Waals surface area contributed by atoms with Crippen LogP contribution in [0.4, 0.5) is 0 Å². The highest BCUT2D eigenvalue weighted by Crippen LogP contribution is 2.15. The molecule has 2 aromatic rings. The molecule has 132 valence electrons. The summed E-state index contributed by atoms with van der Waals surface area (Å²) in [6.07, 6.45) is 5.29. The predicted molar refractivity (Wildman–Crippen MR) is 102 cm³/mol. The third-order valence-electron chi connectivity index (χ3n) is 4.30. The van der Waals surface area contributed by atoms with E-state index in [0.29, 0.717) is 0 Å². The number of nitrogens with zero attached hydrogens (tertiary/aromatic N) is 1. The Morgan fingerprint density at radius 1 is 1.20 bits per heavy atom. The maximum absolute atomic E-state index is 12.0. The quantitative estimate of drug-likeness (QED) is 0.767. The van der Waals surface area contributed by atoms with Crippen molar-refractivity contribution in [3.63, 3.8) is 0 Å². The van der Waals surface area contributed by atoms with Gasteiger partial charge in [0.25, 0.3) is 0 Å². The molecular formula is C20H24N2O2S. The third-order valence-corrected chi connectivity index (χ3v) is 5.08.